The highest BCUT2D eigenvalue weighted by Crippen LogP contribution is 2.68. The first-order valence-corrected chi connectivity index (χ1v) is 10.3. The summed E-state index contributed by atoms with van der Waals surface area (Å²) in [7, 11) is 0. The highest BCUT2D eigenvalue weighted by atomic mass is 32.2. The summed E-state index contributed by atoms with van der Waals surface area (Å²) in [5.41, 5.74) is 1.93. The molecule has 25 heavy (non-hydrogen) atoms. The van der Waals surface area contributed by atoms with Crippen LogP contribution in [0.5, 0.6) is 0 Å². The van der Waals surface area contributed by atoms with Gasteiger partial charge in [-0.15, -0.1) is 0 Å². The predicted molar refractivity (Wildman–Crippen MR) is 109 cm³/mol. The Bertz CT molecular complexity index is 619. The molecule has 0 spiro atoms. The molecular weight excluding hydrogens is 326 g/mol. The van der Waals surface area contributed by atoms with E-state index in [4.69, 9.17) is 9.13 Å². The van der Waals surface area contributed by atoms with Gasteiger partial charge < -0.3 is 4.74 Å². The van der Waals surface area contributed by atoms with E-state index in [0.29, 0.717) is 22.7 Å². The SMILES string of the molecule is CC(C)(C)COC1C(S/N=C/c2ccccc2)[C@H]2CC[C@]1(C)C2(C)C. The van der Waals surface area contributed by atoms with E-state index in [1.807, 2.05) is 12.3 Å². The van der Waals surface area contributed by atoms with Gasteiger partial charge in [-0.2, -0.15) is 0 Å². The lowest BCUT2D eigenvalue weighted by Gasteiger charge is -2.40. The van der Waals surface area contributed by atoms with Crippen molar-refractivity contribution in [3.8, 4) is 0 Å². The van der Waals surface area contributed by atoms with Crippen LogP contribution in [-0.4, -0.2) is 24.2 Å². The molecule has 0 N–H and O–H groups in total. The zero-order chi connectivity index (χ0) is 18.3. The second kappa shape index (κ2) is 6.74. The molecule has 0 saturated heterocycles. The van der Waals surface area contributed by atoms with E-state index in [0.717, 1.165) is 12.2 Å². The van der Waals surface area contributed by atoms with E-state index in [2.05, 4.69) is 65.8 Å². The van der Waals surface area contributed by atoms with Crippen molar-refractivity contribution in [1.29, 1.82) is 0 Å². The van der Waals surface area contributed by atoms with E-state index in [-0.39, 0.29) is 10.8 Å². The third-order valence-electron chi connectivity index (χ3n) is 6.58. The molecule has 0 radical (unpaired) electrons. The predicted octanol–water partition coefficient (Wildman–Crippen LogP) is 6.01. The first-order valence-electron chi connectivity index (χ1n) is 9.51. The second-order valence-corrected chi connectivity index (χ2v) is 10.8. The van der Waals surface area contributed by atoms with Crippen molar-refractivity contribution >= 4 is 18.2 Å². The number of hydrogen-bond acceptors (Lipinski definition) is 3. The normalized spacial score (nSPS) is 34.1. The Morgan fingerprint density at radius 2 is 1.88 bits per heavy atom. The summed E-state index contributed by atoms with van der Waals surface area (Å²) in [6.45, 7) is 14.9. The van der Waals surface area contributed by atoms with E-state index >= 15 is 0 Å². The molecule has 2 unspecified atom stereocenters. The summed E-state index contributed by atoms with van der Waals surface area (Å²) in [5, 5.41) is 0.455. The van der Waals surface area contributed by atoms with Gasteiger partial charge in [0, 0.05) is 11.6 Å². The van der Waals surface area contributed by atoms with Crippen LogP contribution in [0.25, 0.3) is 0 Å². The molecule has 0 aromatic heterocycles. The zero-order valence-electron chi connectivity index (χ0n) is 16.6. The summed E-state index contributed by atoms with van der Waals surface area (Å²) in [5.74, 6) is 0.681. The minimum Gasteiger partial charge on any atom is -0.376 e. The molecule has 3 heteroatoms. The van der Waals surface area contributed by atoms with Crippen molar-refractivity contribution in [3.05, 3.63) is 35.9 Å². The lowest BCUT2D eigenvalue weighted by Crippen LogP contribution is -2.42. The van der Waals surface area contributed by atoms with Gasteiger partial charge in [0.1, 0.15) is 0 Å². The van der Waals surface area contributed by atoms with Gasteiger partial charge in [-0.25, -0.2) is 4.40 Å². The summed E-state index contributed by atoms with van der Waals surface area (Å²) in [6, 6.07) is 10.4. The summed E-state index contributed by atoms with van der Waals surface area (Å²) in [6.07, 6.45) is 4.86. The molecule has 2 bridgehead atoms. The Morgan fingerprint density at radius 1 is 1.20 bits per heavy atom. The fraction of sp³-hybridized carbons (Fsp3) is 0.682. The van der Waals surface area contributed by atoms with Crippen LogP contribution in [0.15, 0.2) is 34.7 Å². The molecular formula is C22H33NOS. The molecule has 2 fully saturated rings. The molecule has 1 aromatic rings. The Morgan fingerprint density at radius 3 is 2.52 bits per heavy atom. The van der Waals surface area contributed by atoms with Crippen molar-refractivity contribution in [2.75, 3.05) is 6.61 Å². The fourth-order valence-electron chi connectivity index (χ4n) is 4.67. The fourth-order valence-corrected chi connectivity index (χ4v) is 6.10. The van der Waals surface area contributed by atoms with Crippen molar-refractivity contribution in [2.45, 2.75) is 65.7 Å². The second-order valence-electron chi connectivity index (χ2n) is 9.79. The highest BCUT2D eigenvalue weighted by molar-refractivity contribution is 7.98. The maximum absolute atomic E-state index is 6.56. The van der Waals surface area contributed by atoms with Crippen LogP contribution in [0.1, 0.15) is 59.9 Å². The Labute approximate surface area is 158 Å². The number of hydrogen-bond donors (Lipinski definition) is 0. The average Bonchev–Trinajstić information content (AvgIpc) is 2.85. The van der Waals surface area contributed by atoms with Gasteiger partial charge in [-0.3, -0.25) is 0 Å². The van der Waals surface area contributed by atoms with Crippen LogP contribution >= 0.6 is 11.9 Å². The molecule has 138 valence electrons. The third kappa shape index (κ3) is 3.55. The van der Waals surface area contributed by atoms with E-state index in [1.54, 1.807) is 11.9 Å². The zero-order valence-corrected chi connectivity index (χ0v) is 17.4. The largest absolute Gasteiger partial charge is 0.376 e. The van der Waals surface area contributed by atoms with Crippen molar-refractivity contribution in [3.63, 3.8) is 0 Å². The van der Waals surface area contributed by atoms with E-state index in [9.17, 15) is 0 Å². The van der Waals surface area contributed by atoms with E-state index in [1.165, 1.54) is 12.8 Å². The molecule has 2 saturated carbocycles. The van der Waals surface area contributed by atoms with Gasteiger partial charge in [0.2, 0.25) is 0 Å². The van der Waals surface area contributed by atoms with E-state index < -0.39 is 0 Å². The molecule has 1 aromatic carbocycles. The van der Waals surface area contributed by atoms with Crippen LogP contribution in [0.2, 0.25) is 0 Å². The molecule has 2 aliphatic carbocycles. The van der Waals surface area contributed by atoms with Gasteiger partial charge in [-0.05, 0) is 47.1 Å². The monoisotopic (exact) mass is 359 g/mol. The van der Waals surface area contributed by atoms with Crippen molar-refractivity contribution < 1.29 is 4.74 Å². The molecule has 0 aliphatic heterocycles. The van der Waals surface area contributed by atoms with Gasteiger partial charge >= 0.3 is 0 Å². The minimum atomic E-state index is 0.199. The van der Waals surface area contributed by atoms with Gasteiger partial charge in [-0.1, -0.05) is 71.9 Å². The third-order valence-corrected chi connectivity index (χ3v) is 7.62. The molecule has 2 nitrogen and oxygen atoms in total. The molecule has 0 amide bonds. The van der Waals surface area contributed by atoms with Crippen LogP contribution in [-0.2, 0) is 4.74 Å². The number of nitrogens with zero attached hydrogens (tertiary/aromatic N) is 1. The van der Waals surface area contributed by atoms with Gasteiger partial charge in [0.05, 0.1) is 18.0 Å². The number of rotatable bonds is 5. The Hall–Kier alpha value is -0.800. The first-order chi connectivity index (χ1) is 11.7. The maximum atomic E-state index is 6.56. The summed E-state index contributed by atoms with van der Waals surface area (Å²) in [4.78, 5) is 0. The van der Waals surface area contributed by atoms with Crippen LogP contribution in [0.4, 0.5) is 0 Å². The number of ether oxygens (including phenoxy) is 1. The first kappa shape index (κ1) is 19.0. The number of benzene rings is 1. The summed E-state index contributed by atoms with van der Waals surface area (Å²) >= 11 is 1.75. The Kier molecular flexibility index (Phi) is 5.11. The summed E-state index contributed by atoms with van der Waals surface area (Å²) < 4.78 is 11.3. The quantitative estimate of drug-likeness (QED) is 0.474. The molecule has 3 rings (SSSR count). The van der Waals surface area contributed by atoms with Gasteiger partial charge in [0.15, 0.2) is 0 Å². The number of fused-ring (bicyclic) bond motifs is 2. The van der Waals surface area contributed by atoms with Gasteiger partial charge in [0.25, 0.3) is 0 Å². The minimum absolute atomic E-state index is 0.199. The maximum Gasteiger partial charge on any atom is 0.0773 e. The molecule has 0 heterocycles. The van der Waals surface area contributed by atoms with Crippen molar-refractivity contribution in [1.82, 2.24) is 0 Å². The van der Waals surface area contributed by atoms with Crippen molar-refractivity contribution in [2.24, 2.45) is 26.6 Å². The Balaban J connectivity index is 1.76. The van der Waals surface area contributed by atoms with Crippen LogP contribution < -0.4 is 0 Å². The molecule has 2 aliphatic rings. The smallest absolute Gasteiger partial charge is 0.0773 e. The van der Waals surface area contributed by atoms with Crippen LogP contribution in [0.3, 0.4) is 0 Å². The lowest BCUT2D eigenvalue weighted by molar-refractivity contribution is -0.0670. The lowest BCUT2D eigenvalue weighted by atomic mass is 9.70. The van der Waals surface area contributed by atoms with Crippen LogP contribution in [0, 0.1) is 22.2 Å². The highest BCUT2D eigenvalue weighted by Gasteiger charge is 2.67. The topological polar surface area (TPSA) is 21.6 Å². The molecule has 4 atom stereocenters. The standard InChI is InChI=1S/C22H33NOS/c1-20(2,3)15-24-19-18(17-12-13-22(19,6)21(17,4)5)25-23-14-16-10-8-7-9-11-16/h7-11,14,17-19H,12-13,15H2,1-6H3/b23-14+/t17-,18?,19?,22+/m1/s1. The average molecular weight is 360 g/mol.